The highest BCUT2D eigenvalue weighted by atomic mass is 79.9. The highest BCUT2D eigenvalue weighted by Crippen LogP contribution is 2.32. The van der Waals surface area contributed by atoms with Gasteiger partial charge >= 0.3 is 5.97 Å². The maximum absolute atomic E-state index is 12.5. The quantitative estimate of drug-likeness (QED) is 0.359. The number of carbonyl (C=O) groups is 2. The number of rotatable bonds is 5. The number of carbonyl (C=O) groups excluding carboxylic acids is 2. The number of halogens is 2. The maximum atomic E-state index is 12.5. The maximum Gasteiger partial charge on any atom is 0.348 e. The number of anilines is 1. The molecule has 0 spiro atoms. The van der Waals surface area contributed by atoms with Crippen LogP contribution in [0.2, 0.25) is 5.02 Å². The fourth-order valence-corrected chi connectivity index (χ4v) is 4.42. The van der Waals surface area contributed by atoms with Gasteiger partial charge in [0.15, 0.2) is 6.61 Å². The topological polar surface area (TPSA) is 73.2 Å². The van der Waals surface area contributed by atoms with Crippen LogP contribution in [-0.4, -0.2) is 28.3 Å². The van der Waals surface area contributed by atoms with Gasteiger partial charge in [0, 0.05) is 15.5 Å². The van der Waals surface area contributed by atoms with Gasteiger partial charge < -0.3 is 10.1 Å². The minimum absolute atomic E-state index is 0.376. The van der Waals surface area contributed by atoms with Gasteiger partial charge in [0.25, 0.3) is 5.91 Å². The van der Waals surface area contributed by atoms with Crippen molar-refractivity contribution in [1.82, 2.24) is 9.78 Å². The lowest BCUT2D eigenvalue weighted by Gasteiger charge is -2.06. The number of fused-ring (bicyclic) bond motifs is 1. The van der Waals surface area contributed by atoms with E-state index >= 15 is 0 Å². The third kappa shape index (κ3) is 4.26. The Balaban J connectivity index is 1.49. The Morgan fingerprint density at radius 1 is 1.20 bits per heavy atom. The minimum atomic E-state index is -0.563. The third-order valence-corrected chi connectivity index (χ3v) is 6.23. The standard InChI is InChI=1S/C21H15BrClN3O3S/c1-12-15-10-18(30-20(15)26(25-12)17-5-3-2-4-16(17)23)21(28)29-11-19(27)24-14-8-6-13(22)7-9-14/h2-10H,11H2,1H3,(H,24,27). The molecule has 30 heavy (non-hydrogen) atoms. The van der Waals surface area contributed by atoms with Crippen LogP contribution in [0.1, 0.15) is 15.4 Å². The molecule has 1 N–H and O–H groups in total. The summed E-state index contributed by atoms with van der Waals surface area (Å²) >= 11 is 10.9. The van der Waals surface area contributed by atoms with E-state index in [9.17, 15) is 9.59 Å². The van der Waals surface area contributed by atoms with E-state index in [4.69, 9.17) is 16.3 Å². The van der Waals surface area contributed by atoms with E-state index in [1.54, 1.807) is 28.9 Å². The normalized spacial score (nSPS) is 10.9. The van der Waals surface area contributed by atoms with Crippen molar-refractivity contribution >= 4 is 66.6 Å². The average Bonchev–Trinajstić information content (AvgIpc) is 3.29. The molecule has 0 radical (unpaired) electrons. The van der Waals surface area contributed by atoms with Crippen molar-refractivity contribution in [2.45, 2.75) is 6.92 Å². The Morgan fingerprint density at radius 2 is 1.93 bits per heavy atom. The largest absolute Gasteiger partial charge is 0.451 e. The van der Waals surface area contributed by atoms with Gasteiger partial charge in [-0.25, -0.2) is 9.48 Å². The van der Waals surface area contributed by atoms with Gasteiger partial charge in [-0.05, 0) is 49.4 Å². The molecule has 0 atom stereocenters. The molecule has 0 aliphatic heterocycles. The smallest absolute Gasteiger partial charge is 0.348 e. The number of hydrogen-bond donors (Lipinski definition) is 1. The Hall–Kier alpha value is -2.68. The fraction of sp³-hybridized carbons (Fsp3) is 0.0952. The molecule has 0 fully saturated rings. The number of hydrogen-bond acceptors (Lipinski definition) is 5. The van der Waals surface area contributed by atoms with Crippen molar-refractivity contribution in [1.29, 1.82) is 0 Å². The van der Waals surface area contributed by atoms with E-state index in [1.165, 1.54) is 11.3 Å². The summed E-state index contributed by atoms with van der Waals surface area (Å²) in [6.07, 6.45) is 0. The first-order valence-electron chi connectivity index (χ1n) is 8.89. The number of nitrogens with one attached hydrogen (secondary N) is 1. The van der Waals surface area contributed by atoms with Crippen molar-refractivity contribution in [3.05, 3.63) is 74.7 Å². The first-order chi connectivity index (χ1) is 14.4. The summed E-state index contributed by atoms with van der Waals surface area (Å²) in [5.74, 6) is -0.975. The molecular formula is C21H15BrClN3O3S. The zero-order valence-corrected chi connectivity index (χ0v) is 18.8. The molecule has 0 unspecified atom stereocenters. The van der Waals surface area contributed by atoms with Gasteiger partial charge in [-0.15, -0.1) is 11.3 Å². The first-order valence-corrected chi connectivity index (χ1v) is 10.9. The Labute approximate surface area is 189 Å². The second-order valence-electron chi connectivity index (χ2n) is 6.41. The molecule has 0 saturated heterocycles. The SMILES string of the molecule is Cc1nn(-c2ccccc2Cl)c2sc(C(=O)OCC(=O)Nc3ccc(Br)cc3)cc12. The number of amides is 1. The molecule has 2 heterocycles. The van der Waals surface area contributed by atoms with Crippen LogP contribution in [0, 0.1) is 6.92 Å². The van der Waals surface area contributed by atoms with Gasteiger partial charge in [0.05, 0.1) is 16.4 Å². The molecule has 6 nitrogen and oxygen atoms in total. The molecule has 1 amide bonds. The summed E-state index contributed by atoms with van der Waals surface area (Å²) in [4.78, 5) is 25.7. The molecule has 4 rings (SSSR count). The average molecular weight is 505 g/mol. The molecule has 2 aromatic heterocycles. The van der Waals surface area contributed by atoms with E-state index in [-0.39, 0.29) is 6.61 Å². The summed E-state index contributed by atoms with van der Waals surface area (Å²) in [6.45, 7) is 1.49. The Morgan fingerprint density at radius 3 is 2.67 bits per heavy atom. The van der Waals surface area contributed by atoms with E-state index < -0.39 is 11.9 Å². The number of aryl methyl sites for hydroxylation is 1. The second kappa shape index (κ2) is 8.59. The summed E-state index contributed by atoms with van der Waals surface area (Å²) in [5, 5.41) is 8.61. The van der Waals surface area contributed by atoms with Crippen molar-refractivity contribution in [2.75, 3.05) is 11.9 Å². The van der Waals surface area contributed by atoms with E-state index in [0.717, 1.165) is 26.1 Å². The number of benzene rings is 2. The van der Waals surface area contributed by atoms with Crippen LogP contribution in [0.3, 0.4) is 0 Å². The van der Waals surface area contributed by atoms with Crippen LogP contribution < -0.4 is 5.32 Å². The van der Waals surface area contributed by atoms with Crippen LogP contribution >= 0.6 is 38.9 Å². The number of aromatic nitrogens is 2. The van der Waals surface area contributed by atoms with E-state index in [0.29, 0.717) is 15.6 Å². The molecule has 0 bridgehead atoms. The number of nitrogens with zero attached hydrogens (tertiary/aromatic N) is 2. The zero-order valence-electron chi connectivity index (χ0n) is 15.7. The van der Waals surface area contributed by atoms with Crippen molar-refractivity contribution in [2.24, 2.45) is 0 Å². The number of esters is 1. The zero-order chi connectivity index (χ0) is 21.3. The number of para-hydroxylation sites is 1. The van der Waals surface area contributed by atoms with Crippen LogP contribution in [0.4, 0.5) is 5.69 Å². The number of ether oxygens (including phenoxy) is 1. The van der Waals surface area contributed by atoms with E-state index in [2.05, 4.69) is 26.3 Å². The first kappa shape index (κ1) is 20.6. The van der Waals surface area contributed by atoms with Gasteiger partial charge in [-0.2, -0.15) is 5.10 Å². The van der Waals surface area contributed by atoms with Crippen molar-refractivity contribution < 1.29 is 14.3 Å². The van der Waals surface area contributed by atoms with E-state index in [1.807, 2.05) is 37.3 Å². The van der Waals surface area contributed by atoms with Crippen molar-refractivity contribution in [3.8, 4) is 5.69 Å². The molecule has 152 valence electrons. The molecule has 0 saturated carbocycles. The monoisotopic (exact) mass is 503 g/mol. The molecule has 0 aliphatic rings. The minimum Gasteiger partial charge on any atom is -0.451 e. The summed E-state index contributed by atoms with van der Waals surface area (Å²) in [7, 11) is 0. The molecule has 9 heteroatoms. The molecule has 0 aliphatic carbocycles. The van der Waals surface area contributed by atoms with Crippen LogP contribution in [0.15, 0.2) is 59.1 Å². The third-order valence-electron chi connectivity index (χ3n) is 4.29. The lowest BCUT2D eigenvalue weighted by molar-refractivity contribution is -0.119. The second-order valence-corrected chi connectivity index (χ2v) is 8.76. The number of thiophene rings is 1. The highest BCUT2D eigenvalue weighted by Gasteiger charge is 2.19. The summed E-state index contributed by atoms with van der Waals surface area (Å²) in [5.41, 5.74) is 2.12. The summed E-state index contributed by atoms with van der Waals surface area (Å²) in [6, 6.07) is 16.2. The van der Waals surface area contributed by atoms with Gasteiger partial charge in [0.1, 0.15) is 9.71 Å². The van der Waals surface area contributed by atoms with Crippen molar-refractivity contribution in [3.63, 3.8) is 0 Å². The Bertz CT molecular complexity index is 1250. The Kier molecular flexibility index (Phi) is 5.90. The molecular weight excluding hydrogens is 490 g/mol. The molecule has 4 aromatic rings. The van der Waals surface area contributed by atoms with Gasteiger partial charge in [-0.1, -0.05) is 39.7 Å². The highest BCUT2D eigenvalue weighted by molar-refractivity contribution is 9.10. The van der Waals surface area contributed by atoms with Crippen LogP contribution in [0.5, 0.6) is 0 Å². The lowest BCUT2D eigenvalue weighted by atomic mass is 10.3. The molecule has 2 aromatic carbocycles. The predicted molar refractivity (Wildman–Crippen MR) is 122 cm³/mol. The van der Waals surface area contributed by atoms with Crippen LogP contribution in [0.25, 0.3) is 15.9 Å². The predicted octanol–water partition coefficient (Wildman–Crippen LogP) is 5.61. The van der Waals surface area contributed by atoms with Gasteiger partial charge in [0.2, 0.25) is 0 Å². The summed E-state index contributed by atoms with van der Waals surface area (Å²) < 4.78 is 7.81. The lowest BCUT2D eigenvalue weighted by Crippen LogP contribution is -2.20. The van der Waals surface area contributed by atoms with Gasteiger partial charge in [-0.3, -0.25) is 4.79 Å². The fourth-order valence-electron chi connectivity index (χ4n) is 2.87. The van der Waals surface area contributed by atoms with Crippen LogP contribution in [-0.2, 0) is 9.53 Å².